The number of thiophene rings is 1. The van der Waals surface area contributed by atoms with Crippen LogP contribution in [0.3, 0.4) is 0 Å². The third-order valence-electron chi connectivity index (χ3n) is 3.64. The molecule has 0 atom stereocenters. The predicted molar refractivity (Wildman–Crippen MR) is 89.0 cm³/mol. The smallest absolute Gasteiger partial charge is 0.499 e. The normalized spacial score (nSPS) is 12.6. The molecule has 27 heavy (non-hydrogen) atoms. The topological polar surface area (TPSA) is 51.5 Å². The van der Waals surface area contributed by atoms with Gasteiger partial charge in [-0.2, -0.15) is 22.0 Å². The van der Waals surface area contributed by atoms with Crippen LogP contribution in [0.2, 0.25) is 5.02 Å². The highest BCUT2D eigenvalue weighted by Gasteiger charge is 2.61. The van der Waals surface area contributed by atoms with Crippen molar-refractivity contribution in [3.05, 3.63) is 45.9 Å². The Bertz CT molecular complexity index is 1040. The zero-order valence-corrected chi connectivity index (χ0v) is 14.8. The van der Waals surface area contributed by atoms with Gasteiger partial charge in [-0.05, 0) is 25.1 Å². The van der Waals surface area contributed by atoms with E-state index in [-0.39, 0.29) is 16.3 Å². The highest BCUT2D eigenvalue weighted by atomic mass is 35.5. The molecule has 2 heterocycles. The van der Waals surface area contributed by atoms with Crippen LogP contribution in [-0.2, 0) is 0 Å². The van der Waals surface area contributed by atoms with Crippen LogP contribution < -0.4 is 4.74 Å². The van der Waals surface area contributed by atoms with Gasteiger partial charge in [0.1, 0.15) is 5.75 Å². The van der Waals surface area contributed by atoms with Gasteiger partial charge in [-0.1, -0.05) is 11.6 Å². The number of aromatic nitrogens is 1. The van der Waals surface area contributed by atoms with Gasteiger partial charge < -0.3 is 9.84 Å². The number of halogens is 6. The lowest BCUT2D eigenvalue weighted by Gasteiger charge is -2.18. The van der Waals surface area contributed by atoms with Crippen molar-refractivity contribution in [1.29, 1.82) is 0 Å². The van der Waals surface area contributed by atoms with E-state index < -0.39 is 23.3 Å². The molecule has 0 spiro atoms. The Morgan fingerprint density at radius 1 is 1.19 bits per heavy atom. The predicted octanol–water partition coefficient (Wildman–Crippen LogP) is 5.59. The lowest BCUT2D eigenvalue weighted by Crippen LogP contribution is -2.41. The fourth-order valence-electron chi connectivity index (χ4n) is 2.42. The van der Waals surface area contributed by atoms with Crippen LogP contribution >= 0.6 is 22.9 Å². The van der Waals surface area contributed by atoms with E-state index in [0.717, 1.165) is 11.4 Å². The van der Waals surface area contributed by atoms with Gasteiger partial charge in [-0.3, -0.25) is 9.36 Å². The summed E-state index contributed by atoms with van der Waals surface area (Å²) in [6.07, 6.45) is -11.3. The minimum absolute atomic E-state index is 0.00573. The monoisotopic (exact) mass is 425 g/mol. The molecule has 0 fully saturated rings. The Labute approximate surface area is 157 Å². The molecule has 0 aliphatic rings. The van der Waals surface area contributed by atoms with Crippen LogP contribution in [-0.4, -0.2) is 27.9 Å². The first kappa shape index (κ1) is 19.4. The Morgan fingerprint density at radius 3 is 2.48 bits per heavy atom. The highest BCUT2D eigenvalue weighted by molar-refractivity contribution is 7.12. The van der Waals surface area contributed by atoms with E-state index in [0.29, 0.717) is 27.9 Å². The first-order valence-electron chi connectivity index (χ1n) is 7.18. The van der Waals surface area contributed by atoms with Crippen LogP contribution in [0.25, 0.3) is 10.9 Å². The van der Waals surface area contributed by atoms with Crippen molar-refractivity contribution >= 4 is 39.7 Å². The number of rotatable bonds is 3. The summed E-state index contributed by atoms with van der Waals surface area (Å²) in [4.78, 5) is 12.7. The minimum Gasteiger partial charge on any atom is -0.506 e. The molecule has 1 aromatic carbocycles. The van der Waals surface area contributed by atoms with Crippen LogP contribution in [0.5, 0.6) is 10.8 Å². The fraction of sp³-hybridized carbons (Fsp3) is 0.188. The van der Waals surface area contributed by atoms with Crippen molar-refractivity contribution in [2.24, 2.45) is 0 Å². The second-order valence-electron chi connectivity index (χ2n) is 5.56. The Morgan fingerprint density at radius 2 is 1.85 bits per heavy atom. The molecule has 144 valence electrons. The molecule has 3 aromatic rings. The summed E-state index contributed by atoms with van der Waals surface area (Å²) in [5.41, 5.74) is 0.651. The zero-order chi connectivity index (χ0) is 20.1. The van der Waals surface area contributed by atoms with Gasteiger partial charge in [0.2, 0.25) is 0 Å². The van der Waals surface area contributed by atoms with E-state index in [1.807, 2.05) is 0 Å². The number of phenols is 1. The second-order valence-corrected chi connectivity index (χ2v) is 6.84. The van der Waals surface area contributed by atoms with Crippen LogP contribution in [0.15, 0.2) is 29.6 Å². The number of fused-ring (bicyclic) bond motifs is 1. The molecule has 0 amide bonds. The summed E-state index contributed by atoms with van der Waals surface area (Å²) < 4.78 is 67.6. The van der Waals surface area contributed by atoms with Crippen molar-refractivity contribution in [1.82, 2.24) is 4.57 Å². The Balaban J connectivity index is 1.96. The Kier molecular flexibility index (Phi) is 4.59. The van der Waals surface area contributed by atoms with Gasteiger partial charge in [0.05, 0.1) is 16.1 Å². The summed E-state index contributed by atoms with van der Waals surface area (Å²) in [6.45, 7) is 1.59. The van der Waals surface area contributed by atoms with Crippen LogP contribution in [0, 0.1) is 6.92 Å². The number of aryl methyl sites for hydroxylation is 1. The lowest BCUT2D eigenvalue weighted by atomic mass is 10.2. The van der Waals surface area contributed by atoms with E-state index in [1.165, 1.54) is 16.7 Å². The molecule has 3 rings (SSSR count). The summed E-state index contributed by atoms with van der Waals surface area (Å²) in [6, 6.07) is 5.09. The van der Waals surface area contributed by atoms with E-state index >= 15 is 0 Å². The number of carbonyl (C=O) groups is 1. The minimum atomic E-state index is -5.88. The third-order valence-corrected chi connectivity index (χ3v) is 4.75. The average molecular weight is 426 g/mol. The molecule has 0 saturated carbocycles. The van der Waals surface area contributed by atoms with Gasteiger partial charge in [0, 0.05) is 22.5 Å². The largest absolute Gasteiger partial charge is 0.506 e. The van der Waals surface area contributed by atoms with Crippen LogP contribution in [0.1, 0.15) is 16.1 Å². The second kappa shape index (κ2) is 6.38. The van der Waals surface area contributed by atoms with Crippen molar-refractivity contribution in [3.63, 3.8) is 0 Å². The third kappa shape index (κ3) is 3.46. The molecule has 0 bridgehead atoms. The number of hydrogen-bond donors (Lipinski definition) is 1. The molecule has 0 unspecified atom stereocenters. The maximum Gasteiger partial charge on any atom is 0.499 e. The quantitative estimate of drug-likeness (QED) is 0.556. The molecule has 2 aromatic heterocycles. The number of ether oxygens (including phenoxy) is 1. The molecule has 0 radical (unpaired) electrons. The van der Waals surface area contributed by atoms with Crippen molar-refractivity contribution in [3.8, 4) is 10.8 Å². The number of aromatic hydroxyl groups is 1. The molecule has 0 saturated heterocycles. The van der Waals surface area contributed by atoms with E-state index in [9.17, 15) is 31.9 Å². The number of phenolic OH excluding ortho intramolecular Hbond substituents is 1. The fourth-order valence-corrected chi connectivity index (χ4v) is 3.34. The highest BCUT2D eigenvalue weighted by Crippen LogP contribution is 2.39. The summed E-state index contributed by atoms with van der Waals surface area (Å²) >= 11 is 6.29. The molecule has 11 heteroatoms. The zero-order valence-electron chi connectivity index (χ0n) is 13.3. The number of alkyl halides is 5. The first-order valence-corrected chi connectivity index (χ1v) is 8.44. The number of nitrogens with zero attached hydrogens (tertiary/aromatic N) is 1. The molecule has 0 aliphatic heterocycles. The van der Waals surface area contributed by atoms with E-state index in [1.54, 1.807) is 13.0 Å². The average Bonchev–Trinajstić information content (AvgIpc) is 3.10. The molecule has 0 aliphatic carbocycles. The molecular weight excluding hydrogens is 417 g/mol. The standard InChI is InChI=1S/C16H9ClF5NO3S/c1-7-2-8-3-12(24)10(17)5-11(8)23(7)14(25)9-4-13(27-6-9)26-16(21,22)15(18,19)20/h2-6,24H,1H3. The van der Waals surface area contributed by atoms with Crippen molar-refractivity contribution in [2.75, 3.05) is 0 Å². The SMILES string of the molecule is Cc1cc2cc(O)c(Cl)cc2n1C(=O)c1csc(OC(F)(F)C(F)(F)F)c1. The van der Waals surface area contributed by atoms with Gasteiger partial charge in [-0.25, -0.2) is 0 Å². The molecule has 1 N–H and O–H groups in total. The number of carbonyl (C=O) groups excluding carboxylic acids is 1. The maximum absolute atomic E-state index is 13.0. The molecule has 4 nitrogen and oxygen atoms in total. The van der Waals surface area contributed by atoms with Gasteiger partial charge >= 0.3 is 12.3 Å². The van der Waals surface area contributed by atoms with Gasteiger partial charge in [0.15, 0.2) is 5.06 Å². The maximum atomic E-state index is 13.0. The van der Waals surface area contributed by atoms with Gasteiger partial charge in [-0.15, -0.1) is 11.3 Å². The molecular formula is C16H9ClF5NO3S. The lowest BCUT2D eigenvalue weighted by molar-refractivity contribution is -0.359. The van der Waals surface area contributed by atoms with E-state index in [2.05, 4.69) is 4.74 Å². The number of hydrogen-bond acceptors (Lipinski definition) is 4. The summed E-state index contributed by atoms with van der Waals surface area (Å²) in [5, 5.41) is 10.5. The van der Waals surface area contributed by atoms with Crippen molar-refractivity contribution in [2.45, 2.75) is 19.2 Å². The van der Waals surface area contributed by atoms with E-state index in [4.69, 9.17) is 11.6 Å². The Hall–Kier alpha value is -2.33. The van der Waals surface area contributed by atoms with Crippen LogP contribution in [0.4, 0.5) is 22.0 Å². The van der Waals surface area contributed by atoms with Gasteiger partial charge in [0.25, 0.3) is 5.91 Å². The first-order chi connectivity index (χ1) is 12.4. The summed E-state index contributed by atoms with van der Waals surface area (Å²) in [5.74, 6) is -0.861. The number of benzene rings is 1. The summed E-state index contributed by atoms with van der Waals surface area (Å²) in [7, 11) is 0. The van der Waals surface area contributed by atoms with Crippen molar-refractivity contribution < 1.29 is 36.6 Å².